The average molecular weight is 274 g/mol. The largest absolute Gasteiger partial charge is 0.356 e. The minimum absolute atomic E-state index is 0.0585. The molecule has 1 aromatic heterocycles. The molecule has 5 heteroatoms. The van der Waals surface area contributed by atoms with Gasteiger partial charge in [0.2, 0.25) is 5.91 Å². The summed E-state index contributed by atoms with van der Waals surface area (Å²) in [5.74, 6) is 1.08. The fourth-order valence-electron chi connectivity index (χ4n) is 2.36. The number of aromatic nitrogens is 1. The predicted molar refractivity (Wildman–Crippen MR) is 80.7 cm³/mol. The SMILES string of the molecule is C=CCNCC(=O)NC1CCN(c2ccccn2)CC1. The maximum atomic E-state index is 11.7. The first-order valence-electron chi connectivity index (χ1n) is 7.06. The van der Waals surface area contributed by atoms with Gasteiger partial charge in [-0.1, -0.05) is 12.1 Å². The van der Waals surface area contributed by atoms with Crippen molar-refractivity contribution in [1.29, 1.82) is 0 Å². The van der Waals surface area contributed by atoms with Gasteiger partial charge < -0.3 is 15.5 Å². The molecule has 0 aliphatic carbocycles. The molecule has 0 aromatic carbocycles. The molecule has 0 unspecified atom stereocenters. The van der Waals surface area contributed by atoms with Crippen molar-refractivity contribution in [2.24, 2.45) is 0 Å². The van der Waals surface area contributed by atoms with Gasteiger partial charge in [0.05, 0.1) is 6.54 Å². The van der Waals surface area contributed by atoms with Crippen molar-refractivity contribution in [3.05, 3.63) is 37.1 Å². The zero-order valence-corrected chi connectivity index (χ0v) is 11.7. The molecule has 0 radical (unpaired) electrons. The number of anilines is 1. The van der Waals surface area contributed by atoms with E-state index in [9.17, 15) is 4.79 Å². The van der Waals surface area contributed by atoms with Gasteiger partial charge in [-0.15, -0.1) is 6.58 Å². The summed E-state index contributed by atoms with van der Waals surface area (Å²) in [5.41, 5.74) is 0. The van der Waals surface area contributed by atoms with E-state index in [2.05, 4.69) is 27.1 Å². The molecule has 0 saturated carbocycles. The Morgan fingerprint density at radius 2 is 2.25 bits per heavy atom. The van der Waals surface area contributed by atoms with Gasteiger partial charge >= 0.3 is 0 Å². The van der Waals surface area contributed by atoms with Crippen LogP contribution in [0.15, 0.2) is 37.1 Å². The molecule has 2 heterocycles. The second-order valence-electron chi connectivity index (χ2n) is 4.94. The minimum atomic E-state index is 0.0585. The highest BCUT2D eigenvalue weighted by Crippen LogP contribution is 2.16. The van der Waals surface area contributed by atoms with Gasteiger partial charge in [0, 0.05) is 31.9 Å². The van der Waals surface area contributed by atoms with Gasteiger partial charge in [0.25, 0.3) is 0 Å². The standard InChI is InChI=1S/C15H22N4O/c1-2-8-16-12-15(20)18-13-6-10-19(11-7-13)14-5-3-4-9-17-14/h2-5,9,13,16H,1,6-8,10-12H2,(H,18,20). The topological polar surface area (TPSA) is 57.3 Å². The highest BCUT2D eigenvalue weighted by atomic mass is 16.1. The molecule has 0 bridgehead atoms. The van der Waals surface area contributed by atoms with Crippen LogP contribution >= 0.6 is 0 Å². The molecule has 0 atom stereocenters. The van der Waals surface area contributed by atoms with Gasteiger partial charge in [-0.3, -0.25) is 4.79 Å². The van der Waals surface area contributed by atoms with Crippen LogP contribution in [0.1, 0.15) is 12.8 Å². The molecule has 2 rings (SSSR count). The lowest BCUT2D eigenvalue weighted by Gasteiger charge is -2.33. The number of amides is 1. The first-order valence-corrected chi connectivity index (χ1v) is 7.06. The third-order valence-electron chi connectivity index (χ3n) is 3.41. The number of carbonyl (C=O) groups excluding carboxylic acids is 1. The summed E-state index contributed by atoms with van der Waals surface area (Å²) in [6.07, 6.45) is 5.49. The smallest absolute Gasteiger partial charge is 0.234 e. The summed E-state index contributed by atoms with van der Waals surface area (Å²) in [6, 6.07) is 6.22. The van der Waals surface area contributed by atoms with E-state index >= 15 is 0 Å². The minimum Gasteiger partial charge on any atom is -0.356 e. The number of hydrogen-bond acceptors (Lipinski definition) is 4. The lowest BCUT2D eigenvalue weighted by atomic mass is 10.0. The number of hydrogen-bond donors (Lipinski definition) is 2. The van der Waals surface area contributed by atoms with Crippen LogP contribution < -0.4 is 15.5 Å². The van der Waals surface area contributed by atoms with Crippen LogP contribution in [0.3, 0.4) is 0 Å². The molecular weight excluding hydrogens is 252 g/mol. The molecule has 0 spiro atoms. The van der Waals surface area contributed by atoms with Crippen LogP contribution in [-0.2, 0) is 4.79 Å². The van der Waals surface area contributed by atoms with Gasteiger partial charge in [-0.25, -0.2) is 4.98 Å². The normalized spacial score (nSPS) is 15.9. The Balaban J connectivity index is 1.71. The fourth-order valence-corrected chi connectivity index (χ4v) is 2.36. The monoisotopic (exact) mass is 274 g/mol. The third-order valence-corrected chi connectivity index (χ3v) is 3.41. The zero-order valence-electron chi connectivity index (χ0n) is 11.7. The van der Waals surface area contributed by atoms with E-state index in [4.69, 9.17) is 0 Å². The zero-order chi connectivity index (χ0) is 14.2. The first-order chi connectivity index (χ1) is 9.79. The number of carbonyl (C=O) groups is 1. The number of nitrogens with one attached hydrogen (secondary N) is 2. The van der Waals surface area contributed by atoms with Crippen molar-refractivity contribution >= 4 is 11.7 Å². The van der Waals surface area contributed by atoms with Crippen LogP contribution in [0, 0.1) is 0 Å². The molecule has 108 valence electrons. The van der Waals surface area contributed by atoms with Gasteiger partial charge in [0.15, 0.2) is 0 Å². The van der Waals surface area contributed by atoms with Crippen molar-refractivity contribution in [2.75, 3.05) is 31.1 Å². The molecule has 1 amide bonds. The van der Waals surface area contributed by atoms with Crippen LogP contribution in [0.2, 0.25) is 0 Å². The molecule has 20 heavy (non-hydrogen) atoms. The van der Waals surface area contributed by atoms with E-state index in [1.54, 1.807) is 6.08 Å². The van der Waals surface area contributed by atoms with Gasteiger partial charge in [-0.05, 0) is 25.0 Å². The quantitative estimate of drug-likeness (QED) is 0.599. The number of piperidine rings is 1. The molecule has 1 aromatic rings. The van der Waals surface area contributed by atoms with Crippen molar-refractivity contribution in [3.63, 3.8) is 0 Å². The maximum absolute atomic E-state index is 11.7. The highest BCUT2D eigenvalue weighted by Gasteiger charge is 2.20. The Labute approximate surface area is 120 Å². The lowest BCUT2D eigenvalue weighted by molar-refractivity contribution is -0.121. The summed E-state index contributed by atoms with van der Waals surface area (Å²) in [7, 11) is 0. The van der Waals surface area contributed by atoms with Crippen molar-refractivity contribution in [3.8, 4) is 0 Å². The Bertz CT molecular complexity index is 427. The van der Waals surface area contributed by atoms with Gasteiger partial charge in [0.1, 0.15) is 5.82 Å². The lowest BCUT2D eigenvalue weighted by Crippen LogP contribution is -2.47. The Hall–Kier alpha value is -1.88. The number of nitrogens with zero attached hydrogens (tertiary/aromatic N) is 2. The van der Waals surface area contributed by atoms with Crippen LogP contribution in [0.4, 0.5) is 5.82 Å². The molecule has 1 aliphatic rings. The second-order valence-corrected chi connectivity index (χ2v) is 4.94. The molecule has 2 N–H and O–H groups in total. The number of rotatable bonds is 6. The van der Waals surface area contributed by atoms with E-state index in [1.165, 1.54) is 0 Å². The number of pyridine rings is 1. The predicted octanol–water partition coefficient (Wildman–Crippen LogP) is 0.942. The third kappa shape index (κ3) is 4.35. The molecular formula is C15H22N4O. The first kappa shape index (κ1) is 14.5. The summed E-state index contributed by atoms with van der Waals surface area (Å²) < 4.78 is 0. The second kappa shape index (κ2) is 7.65. The summed E-state index contributed by atoms with van der Waals surface area (Å²) >= 11 is 0. The summed E-state index contributed by atoms with van der Waals surface area (Å²) in [4.78, 5) is 18.3. The summed E-state index contributed by atoms with van der Waals surface area (Å²) in [5, 5.41) is 6.08. The molecule has 5 nitrogen and oxygen atoms in total. The highest BCUT2D eigenvalue weighted by molar-refractivity contribution is 5.78. The van der Waals surface area contributed by atoms with E-state index in [0.29, 0.717) is 13.1 Å². The fraction of sp³-hybridized carbons (Fsp3) is 0.467. The Morgan fingerprint density at radius 3 is 2.90 bits per heavy atom. The van der Waals surface area contributed by atoms with E-state index in [0.717, 1.165) is 31.7 Å². The average Bonchev–Trinajstić information content (AvgIpc) is 2.49. The van der Waals surface area contributed by atoms with E-state index < -0.39 is 0 Å². The van der Waals surface area contributed by atoms with Crippen molar-refractivity contribution in [1.82, 2.24) is 15.6 Å². The summed E-state index contributed by atoms with van der Waals surface area (Å²) in [6.45, 7) is 6.48. The van der Waals surface area contributed by atoms with Crippen LogP contribution in [0.5, 0.6) is 0 Å². The Morgan fingerprint density at radius 1 is 1.45 bits per heavy atom. The van der Waals surface area contributed by atoms with E-state index in [1.807, 2.05) is 24.4 Å². The van der Waals surface area contributed by atoms with Crippen molar-refractivity contribution in [2.45, 2.75) is 18.9 Å². The van der Waals surface area contributed by atoms with E-state index in [-0.39, 0.29) is 11.9 Å². The molecule has 1 aliphatic heterocycles. The van der Waals surface area contributed by atoms with Gasteiger partial charge in [-0.2, -0.15) is 0 Å². The Kier molecular flexibility index (Phi) is 5.55. The molecule has 1 saturated heterocycles. The molecule has 1 fully saturated rings. The van der Waals surface area contributed by atoms with Crippen LogP contribution in [-0.4, -0.2) is 43.1 Å². The maximum Gasteiger partial charge on any atom is 0.234 e. The van der Waals surface area contributed by atoms with Crippen molar-refractivity contribution < 1.29 is 4.79 Å². The van der Waals surface area contributed by atoms with Crippen LogP contribution in [0.25, 0.3) is 0 Å².